The molecule has 0 radical (unpaired) electrons. The van der Waals surface area contributed by atoms with Gasteiger partial charge in [-0.3, -0.25) is 9.59 Å². The van der Waals surface area contributed by atoms with E-state index < -0.39 is 18.1 Å². The largest absolute Gasteiger partial charge is 0.544 e. The second-order valence-corrected chi connectivity index (χ2v) is 15.2. The lowest BCUT2D eigenvalue weighted by molar-refractivity contribution is -0.889. The number of ether oxygens (including phenoxy) is 3. The lowest BCUT2D eigenvalue weighted by Crippen LogP contribution is -2.55. The molecule has 2 unspecified atom stereocenters. The van der Waals surface area contributed by atoms with E-state index in [0.29, 0.717) is 12.8 Å². The predicted octanol–water partition coefficient (Wildman–Crippen LogP) is 9.58. The number of esters is 2. The van der Waals surface area contributed by atoms with Gasteiger partial charge in [-0.05, 0) is 44.9 Å². The first-order chi connectivity index (χ1) is 24.6. The molecular weight excluding hydrogens is 642 g/mol. The van der Waals surface area contributed by atoms with Crippen molar-refractivity contribution < 1.29 is 38.2 Å². The van der Waals surface area contributed by atoms with Gasteiger partial charge in [0, 0.05) is 19.3 Å². The van der Waals surface area contributed by atoms with Gasteiger partial charge in [0.05, 0.1) is 40.3 Å². The summed E-state index contributed by atoms with van der Waals surface area (Å²) in [5, 5.41) is 11.6. The van der Waals surface area contributed by atoms with Crippen LogP contribution < -0.4 is 5.11 Å². The van der Waals surface area contributed by atoms with E-state index in [1.807, 2.05) is 0 Å². The number of unbranched alkanes of at least 4 members (excludes halogenated alkanes) is 19. The van der Waals surface area contributed by atoms with Crippen molar-refractivity contribution in [2.24, 2.45) is 0 Å². The predicted molar refractivity (Wildman–Crippen MR) is 208 cm³/mol. The van der Waals surface area contributed by atoms with Gasteiger partial charge < -0.3 is 28.6 Å². The number of likely N-dealkylation sites (N-methyl/N-ethyl adjacent to an activating group) is 1. The molecule has 2 atom stereocenters. The minimum Gasteiger partial charge on any atom is -0.544 e. The smallest absolute Gasteiger partial charge is 0.306 e. The number of aliphatic carboxylic acids is 1. The van der Waals surface area contributed by atoms with Crippen LogP contribution in [0.5, 0.6) is 0 Å². The van der Waals surface area contributed by atoms with Crippen molar-refractivity contribution in [1.82, 2.24) is 0 Å². The minimum atomic E-state index is -1.13. The molecule has 298 valence electrons. The van der Waals surface area contributed by atoms with E-state index in [9.17, 15) is 19.5 Å². The Morgan fingerprint density at radius 3 is 1.51 bits per heavy atom. The number of carboxylic acids is 1. The van der Waals surface area contributed by atoms with Crippen LogP contribution in [0.4, 0.5) is 0 Å². The van der Waals surface area contributed by atoms with Crippen molar-refractivity contribution >= 4 is 17.9 Å². The van der Waals surface area contributed by atoms with Crippen LogP contribution in [0.2, 0.25) is 0 Å². The van der Waals surface area contributed by atoms with E-state index >= 15 is 0 Å². The summed E-state index contributed by atoms with van der Waals surface area (Å²) in [6, 6.07) is -0.722. The zero-order valence-corrected chi connectivity index (χ0v) is 33.8. The molecule has 8 heteroatoms. The second-order valence-electron chi connectivity index (χ2n) is 15.2. The summed E-state index contributed by atoms with van der Waals surface area (Å²) in [5.74, 6) is -1.75. The molecule has 0 aliphatic carbocycles. The summed E-state index contributed by atoms with van der Waals surface area (Å²) in [7, 11) is 5.39. The van der Waals surface area contributed by atoms with Gasteiger partial charge in [-0.2, -0.15) is 0 Å². The van der Waals surface area contributed by atoms with Gasteiger partial charge in [-0.25, -0.2) is 0 Å². The van der Waals surface area contributed by atoms with Crippen LogP contribution in [0.15, 0.2) is 24.3 Å². The van der Waals surface area contributed by atoms with E-state index in [0.717, 1.165) is 44.9 Å². The third-order valence-electron chi connectivity index (χ3n) is 9.34. The standard InChI is InChI=1S/C43H79NO7/c1-6-8-10-12-14-15-16-17-18-19-20-21-22-23-24-25-26-27-28-30-32-34-42(46)51-39(37-49-36-35-40(43(47)48)44(3,4)5)38-50-41(45)33-31-29-13-11-9-7-2/h16-17,19-20,39-40H,6-15,18,21-38H2,1-5H3/b17-16-,20-19-. The van der Waals surface area contributed by atoms with Crippen molar-refractivity contribution in [3.05, 3.63) is 24.3 Å². The number of hydrogen-bond acceptors (Lipinski definition) is 7. The number of carbonyl (C=O) groups is 3. The fourth-order valence-corrected chi connectivity index (χ4v) is 6.04. The first kappa shape index (κ1) is 48.8. The molecule has 0 saturated carbocycles. The first-order valence-electron chi connectivity index (χ1n) is 20.9. The monoisotopic (exact) mass is 722 g/mol. The quantitative estimate of drug-likeness (QED) is 0.0273. The molecule has 0 bridgehead atoms. The first-order valence-corrected chi connectivity index (χ1v) is 20.9. The molecule has 0 saturated heterocycles. The number of rotatable bonds is 37. The number of carboxylic acid groups (broad SMARTS) is 1. The van der Waals surface area contributed by atoms with Crippen molar-refractivity contribution in [1.29, 1.82) is 0 Å². The zero-order valence-electron chi connectivity index (χ0n) is 33.8. The maximum atomic E-state index is 12.6. The van der Waals surface area contributed by atoms with Gasteiger partial charge in [-0.15, -0.1) is 0 Å². The normalized spacial score (nSPS) is 13.2. The van der Waals surface area contributed by atoms with Crippen molar-refractivity contribution in [3.63, 3.8) is 0 Å². The fraction of sp³-hybridized carbons (Fsp3) is 0.837. The molecule has 0 aliphatic rings. The van der Waals surface area contributed by atoms with Gasteiger partial charge in [0.25, 0.3) is 0 Å². The summed E-state index contributed by atoms with van der Waals surface area (Å²) in [5.41, 5.74) is 0. The second kappa shape index (κ2) is 34.9. The molecule has 0 aromatic carbocycles. The van der Waals surface area contributed by atoms with E-state index in [1.165, 1.54) is 103 Å². The number of nitrogens with zero attached hydrogens (tertiary/aromatic N) is 1. The Balaban J connectivity index is 4.19. The van der Waals surface area contributed by atoms with Crippen LogP contribution in [0.3, 0.4) is 0 Å². The molecule has 8 nitrogen and oxygen atoms in total. The highest BCUT2D eigenvalue weighted by Gasteiger charge is 2.25. The molecule has 0 rings (SSSR count). The Hall–Kier alpha value is -2.19. The van der Waals surface area contributed by atoms with Crippen molar-refractivity contribution in [2.45, 2.75) is 193 Å². The third kappa shape index (κ3) is 33.4. The molecule has 0 heterocycles. The van der Waals surface area contributed by atoms with E-state index in [4.69, 9.17) is 14.2 Å². The average molecular weight is 722 g/mol. The van der Waals surface area contributed by atoms with Crippen LogP contribution >= 0.6 is 0 Å². The van der Waals surface area contributed by atoms with Gasteiger partial charge in [0.15, 0.2) is 6.10 Å². The van der Waals surface area contributed by atoms with Crippen molar-refractivity contribution in [2.75, 3.05) is 41.0 Å². The molecule has 0 fully saturated rings. The summed E-state index contributed by atoms with van der Waals surface area (Å²) in [6.45, 7) is 4.58. The summed E-state index contributed by atoms with van der Waals surface area (Å²) in [6.07, 6.45) is 36.5. The average Bonchev–Trinajstić information content (AvgIpc) is 3.08. The zero-order chi connectivity index (χ0) is 37.8. The van der Waals surface area contributed by atoms with Crippen LogP contribution in [0, 0.1) is 0 Å². The van der Waals surface area contributed by atoms with Crippen LogP contribution in [-0.2, 0) is 28.6 Å². The number of carbonyl (C=O) groups excluding carboxylic acids is 3. The van der Waals surface area contributed by atoms with Crippen molar-refractivity contribution in [3.8, 4) is 0 Å². The highest BCUT2D eigenvalue weighted by Crippen LogP contribution is 2.14. The maximum absolute atomic E-state index is 12.6. The lowest BCUT2D eigenvalue weighted by Gasteiger charge is -2.34. The Morgan fingerprint density at radius 1 is 0.588 bits per heavy atom. The maximum Gasteiger partial charge on any atom is 0.306 e. The molecule has 0 aromatic rings. The summed E-state index contributed by atoms with van der Waals surface area (Å²) < 4.78 is 17.0. The highest BCUT2D eigenvalue weighted by atomic mass is 16.6. The Morgan fingerprint density at radius 2 is 1.04 bits per heavy atom. The van der Waals surface area contributed by atoms with Crippen LogP contribution in [0.1, 0.15) is 181 Å². The number of hydrogen-bond donors (Lipinski definition) is 0. The Kier molecular flexibility index (Phi) is 33.4. The number of allylic oxidation sites excluding steroid dienone is 4. The topological polar surface area (TPSA) is 102 Å². The molecular formula is C43H79NO7. The van der Waals surface area contributed by atoms with Crippen LogP contribution in [0.25, 0.3) is 0 Å². The highest BCUT2D eigenvalue weighted by molar-refractivity contribution is 5.70. The molecule has 51 heavy (non-hydrogen) atoms. The van der Waals surface area contributed by atoms with Gasteiger partial charge in [0.1, 0.15) is 12.6 Å². The Bertz CT molecular complexity index is 895. The Labute approximate surface area is 313 Å². The van der Waals surface area contributed by atoms with Gasteiger partial charge in [-0.1, -0.05) is 141 Å². The van der Waals surface area contributed by atoms with Gasteiger partial charge in [0.2, 0.25) is 0 Å². The molecule has 0 aromatic heterocycles. The molecule has 0 aliphatic heterocycles. The van der Waals surface area contributed by atoms with Gasteiger partial charge >= 0.3 is 11.9 Å². The summed E-state index contributed by atoms with van der Waals surface area (Å²) >= 11 is 0. The third-order valence-corrected chi connectivity index (χ3v) is 9.34. The van der Waals surface area contributed by atoms with E-state index in [-0.39, 0.29) is 42.7 Å². The fourth-order valence-electron chi connectivity index (χ4n) is 6.04. The molecule has 0 spiro atoms. The van der Waals surface area contributed by atoms with E-state index in [2.05, 4.69) is 38.2 Å². The molecule has 0 N–H and O–H groups in total. The van der Waals surface area contributed by atoms with Crippen LogP contribution in [-0.4, -0.2) is 75.5 Å². The molecule has 0 amide bonds. The van der Waals surface area contributed by atoms with E-state index in [1.54, 1.807) is 21.1 Å². The summed E-state index contributed by atoms with van der Waals surface area (Å²) in [4.78, 5) is 36.5. The minimum absolute atomic E-state index is 0.0416. The number of quaternary nitrogens is 1. The SMILES string of the molecule is CCCCCCC/C=C\C/C=C\CCCCCCCCCCCC(=O)OC(COCCC(C(=O)[O-])[N+](C)(C)C)COC(=O)CCCCCCCC. The lowest BCUT2D eigenvalue weighted by atomic mass is 10.1.